The summed E-state index contributed by atoms with van der Waals surface area (Å²) < 4.78 is 5.11. The van der Waals surface area contributed by atoms with Crippen LogP contribution in [0.25, 0.3) is 11.3 Å². The first-order valence-corrected chi connectivity index (χ1v) is 12.1. The normalized spacial score (nSPS) is 13.6. The van der Waals surface area contributed by atoms with Gasteiger partial charge in [-0.1, -0.05) is 43.3 Å². The molecule has 0 bridgehead atoms. The molecule has 0 fully saturated rings. The second kappa shape index (κ2) is 11.1. The van der Waals surface area contributed by atoms with Crippen molar-refractivity contribution in [2.24, 2.45) is 0 Å². The van der Waals surface area contributed by atoms with Crippen molar-refractivity contribution in [1.82, 2.24) is 0 Å². The fourth-order valence-electron chi connectivity index (χ4n) is 4.38. The molecule has 186 valence electrons. The summed E-state index contributed by atoms with van der Waals surface area (Å²) in [4.78, 5) is 27.5. The summed E-state index contributed by atoms with van der Waals surface area (Å²) in [6.07, 6.45) is 0.817. The summed E-state index contributed by atoms with van der Waals surface area (Å²) in [5.74, 6) is -0.667. The summed E-state index contributed by atoms with van der Waals surface area (Å²) >= 11 is 0. The Balaban J connectivity index is 1.79. The van der Waals surface area contributed by atoms with Gasteiger partial charge in [0.2, 0.25) is 0 Å². The number of nitrogens with one attached hydrogen (secondary N) is 2. The van der Waals surface area contributed by atoms with Gasteiger partial charge in [-0.15, -0.1) is 0 Å². The van der Waals surface area contributed by atoms with Crippen LogP contribution in [0.4, 0.5) is 17.1 Å². The zero-order valence-electron chi connectivity index (χ0n) is 20.8. The molecule has 0 radical (unpaired) electrons. The Morgan fingerprint density at radius 1 is 1.03 bits per heavy atom. The van der Waals surface area contributed by atoms with E-state index in [1.807, 2.05) is 54.4 Å². The second-order valence-electron chi connectivity index (χ2n) is 8.52. The first-order valence-electron chi connectivity index (χ1n) is 12.1. The topological polar surface area (TPSA) is 90.9 Å². The van der Waals surface area contributed by atoms with Gasteiger partial charge >= 0.3 is 5.97 Å². The van der Waals surface area contributed by atoms with Crippen molar-refractivity contribution in [1.29, 1.82) is 0 Å². The van der Waals surface area contributed by atoms with Crippen molar-refractivity contribution in [2.45, 2.75) is 20.3 Å². The van der Waals surface area contributed by atoms with Gasteiger partial charge in [-0.3, -0.25) is 4.79 Å². The van der Waals surface area contributed by atoms with Crippen LogP contribution in [0.15, 0.2) is 66.7 Å². The lowest BCUT2D eigenvalue weighted by Gasteiger charge is -2.23. The average molecular weight is 486 g/mol. The van der Waals surface area contributed by atoms with Crippen LogP contribution in [0.2, 0.25) is 0 Å². The van der Waals surface area contributed by atoms with Crippen molar-refractivity contribution >= 4 is 40.2 Å². The first-order chi connectivity index (χ1) is 17.5. The number of nitrogens with zero attached hydrogens (tertiary/aromatic N) is 1. The minimum Gasteiger partial charge on any atom is -0.462 e. The van der Waals surface area contributed by atoms with Crippen LogP contribution in [-0.2, 0) is 16.0 Å². The third-order valence-corrected chi connectivity index (χ3v) is 6.16. The zero-order chi connectivity index (χ0) is 25.7. The van der Waals surface area contributed by atoms with Crippen LogP contribution >= 0.6 is 0 Å². The molecule has 0 atom stereocenters. The van der Waals surface area contributed by atoms with Gasteiger partial charge in [-0.05, 0) is 54.8 Å². The SMILES string of the molecule is CCOC(=O)c1ccc2c(c1)NC(=O)/C2=C(\Nc1ccc(N(C)CCO)c(CC)c1)c1ccccc1. The standard InChI is InChI=1S/C29H31N3O4/c1-4-19-17-22(12-14-25(19)32(3)15-16-33)30-27(20-9-7-6-8-10-20)26-23-13-11-21(29(35)36-5-2)18-24(23)31-28(26)34/h6-14,17-18,30,33H,4-5,15-16H2,1-3H3,(H,31,34)/b27-26-. The molecule has 0 aliphatic carbocycles. The van der Waals surface area contributed by atoms with Gasteiger partial charge in [0, 0.05) is 30.5 Å². The van der Waals surface area contributed by atoms with Gasteiger partial charge in [0.05, 0.1) is 35.7 Å². The molecule has 3 aromatic rings. The Morgan fingerprint density at radius 2 is 1.81 bits per heavy atom. The molecule has 0 saturated carbocycles. The Hall–Kier alpha value is -4.10. The van der Waals surface area contributed by atoms with E-state index in [1.165, 1.54) is 0 Å². The van der Waals surface area contributed by atoms with Crippen LogP contribution in [0.1, 0.15) is 40.9 Å². The number of carbonyl (C=O) groups excluding carboxylic acids is 2. The van der Waals surface area contributed by atoms with Gasteiger partial charge in [-0.2, -0.15) is 0 Å². The summed E-state index contributed by atoms with van der Waals surface area (Å²) in [7, 11) is 1.96. The van der Waals surface area contributed by atoms with E-state index in [0.29, 0.717) is 29.1 Å². The zero-order valence-corrected chi connectivity index (χ0v) is 20.8. The lowest BCUT2D eigenvalue weighted by Crippen LogP contribution is -2.22. The number of aliphatic hydroxyl groups excluding tert-OH is 1. The van der Waals surface area contributed by atoms with Crippen molar-refractivity contribution in [3.63, 3.8) is 0 Å². The van der Waals surface area contributed by atoms with Gasteiger partial charge < -0.3 is 25.4 Å². The molecule has 7 heteroatoms. The van der Waals surface area contributed by atoms with E-state index in [-0.39, 0.29) is 19.1 Å². The second-order valence-corrected chi connectivity index (χ2v) is 8.52. The fourth-order valence-corrected chi connectivity index (χ4v) is 4.38. The highest BCUT2D eigenvalue weighted by Gasteiger charge is 2.29. The highest BCUT2D eigenvalue weighted by Crippen LogP contribution is 2.38. The molecule has 1 amide bonds. The molecule has 3 aromatic carbocycles. The fraction of sp³-hybridized carbons (Fsp3) is 0.241. The third kappa shape index (κ3) is 5.11. The number of benzene rings is 3. The number of aryl methyl sites for hydroxylation is 1. The number of likely N-dealkylation sites (N-methyl/N-ethyl adjacent to an activating group) is 1. The number of amides is 1. The predicted octanol–water partition coefficient (Wildman–Crippen LogP) is 4.79. The van der Waals surface area contributed by atoms with Crippen LogP contribution in [-0.4, -0.2) is 43.8 Å². The first kappa shape index (κ1) is 25.0. The maximum atomic E-state index is 13.2. The van der Waals surface area contributed by atoms with E-state index in [9.17, 15) is 14.7 Å². The average Bonchev–Trinajstić information content (AvgIpc) is 3.22. The molecule has 0 saturated heterocycles. The Bertz CT molecular complexity index is 1300. The highest BCUT2D eigenvalue weighted by molar-refractivity contribution is 6.37. The molecule has 1 aliphatic heterocycles. The van der Waals surface area contributed by atoms with Crippen LogP contribution in [0, 0.1) is 0 Å². The molecular weight excluding hydrogens is 454 g/mol. The molecule has 4 rings (SSSR count). The molecule has 1 aliphatic rings. The lowest BCUT2D eigenvalue weighted by molar-refractivity contribution is -0.110. The summed E-state index contributed by atoms with van der Waals surface area (Å²) in [5.41, 5.74) is 6.76. The number of anilines is 3. The number of fused-ring (bicyclic) bond motifs is 1. The van der Waals surface area contributed by atoms with Crippen molar-refractivity contribution in [3.05, 3.63) is 89.0 Å². The van der Waals surface area contributed by atoms with Gasteiger partial charge in [0.1, 0.15) is 0 Å². The van der Waals surface area contributed by atoms with E-state index in [2.05, 4.69) is 23.6 Å². The number of aliphatic hydroxyl groups is 1. The maximum Gasteiger partial charge on any atom is 0.338 e. The molecule has 0 aromatic heterocycles. The quantitative estimate of drug-likeness (QED) is 0.298. The van der Waals surface area contributed by atoms with E-state index in [4.69, 9.17) is 4.74 Å². The Labute approximate surface area is 211 Å². The van der Waals surface area contributed by atoms with E-state index in [1.54, 1.807) is 25.1 Å². The minimum atomic E-state index is -0.424. The number of rotatable bonds is 9. The van der Waals surface area contributed by atoms with E-state index >= 15 is 0 Å². The summed E-state index contributed by atoms with van der Waals surface area (Å²) in [5, 5.41) is 15.7. The van der Waals surface area contributed by atoms with E-state index in [0.717, 1.165) is 34.5 Å². The number of hydrogen-bond donors (Lipinski definition) is 3. The maximum absolute atomic E-state index is 13.2. The molecule has 0 spiro atoms. The predicted molar refractivity (Wildman–Crippen MR) is 144 cm³/mol. The van der Waals surface area contributed by atoms with Crippen LogP contribution < -0.4 is 15.5 Å². The molecular formula is C29H31N3O4. The van der Waals surface area contributed by atoms with Crippen LogP contribution in [0.3, 0.4) is 0 Å². The van der Waals surface area contributed by atoms with Crippen molar-refractivity contribution < 1.29 is 19.4 Å². The van der Waals surface area contributed by atoms with E-state index < -0.39 is 5.97 Å². The smallest absolute Gasteiger partial charge is 0.338 e. The Kier molecular flexibility index (Phi) is 7.71. The minimum absolute atomic E-state index is 0.0797. The third-order valence-electron chi connectivity index (χ3n) is 6.16. The number of hydrogen-bond acceptors (Lipinski definition) is 6. The highest BCUT2D eigenvalue weighted by atomic mass is 16.5. The molecule has 1 heterocycles. The van der Waals surface area contributed by atoms with Gasteiger partial charge in [0.15, 0.2) is 0 Å². The largest absolute Gasteiger partial charge is 0.462 e. The lowest BCUT2D eigenvalue weighted by atomic mass is 9.98. The summed E-state index contributed by atoms with van der Waals surface area (Å²) in [6.45, 7) is 4.75. The number of esters is 1. The Morgan fingerprint density at radius 3 is 2.50 bits per heavy atom. The van der Waals surface area contributed by atoms with Crippen molar-refractivity contribution in [2.75, 3.05) is 42.3 Å². The molecule has 3 N–H and O–H groups in total. The number of ether oxygens (including phenoxy) is 1. The van der Waals surface area contributed by atoms with Crippen LogP contribution in [0.5, 0.6) is 0 Å². The van der Waals surface area contributed by atoms with Gasteiger partial charge in [0.25, 0.3) is 5.91 Å². The molecule has 0 unspecified atom stereocenters. The number of carbonyl (C=O) groups is 2. The van der Waals surface area contributed by atoms with Crippen molar-refractivity contribution in [3.8, 4) is 0 Å². The molecule has 7 nitrogen and oxygen atoms in total. The monoisotopic (exact) mass is 485 g/mol. The molecule has 36 heavy (non-hydrogen) atoms. The summed E-state index contributed by atoms with van der Waals surface area (Å²) in [6, 6.07) is 20.9. The van der Waals surface area contributed by atoms with Gasteiger partial charge in [-0.25, -0.2) is 4.79 Å².